The molecule has 0 aliphatic heterocycles. The van der Waals surface area contributed by atoms with Gasteiger partial charge in [-0.3, -0.25) is 4.79 Å². The Morgan fingerprint density at radius 1 is 1.09 bits per heavy atom. The molecule has 1 aromatic carbocycles. The number of carbonyl (C=O) groups excluding carboxylic acids is 1. The SMILES string of the molecule is CCc1cccc(CC)c1NC(=O)c1cc2c(s1)CCCCC2. The zero-order chi connectivity index (χ0) is 16.2. The maximum absolute atomic E-state index is 12.8. The number of rotatable bonds is 4. The maximum atomic E-state index is 12.8. The highest BCUT2D eigenvalue weighted by atomic mass is 32.1. The van der Waals surface area contributed by atoms with Crippen LogP contribution in [0.4, 0.5) is 5.69 Å². The molecule has 2 aromatic rings. The van der Waals surface area contributed by atoms with Crippen molar-refractivity contribution in [3.8, 4) is 0 Å². The van der Waals surface area contributed by atoms with E-state index >= 15 is 0 Å². The van der Waals surface area contributed by atoms with Crippen LogP contribution in [0, 0.1) is 0 Å². The minimum absolute atomic E-state index is 0.0543. The van der Waals surface area contributed by atoms with E-state index in [1.165, 1.54) is 40.8 Å². The number of hydrogen-bond donors (Lipinski definition) is 1. The van der Waals surface area contributed by atoms with Gasteiger partial charge in [0, 0.05) is 10.6 Å². The minimum atomic E-state index is 0.0543. The Balaban J connectivity index is 1.85. The highest BCUT2D eigenvalue weighted by Crippen LogP contribution is 2.30. The van der Waals surface area contributed by atoms with Crippen molar-refractivity contribution in [1.82, 2.24) is 0 Å². The Bertz CT molecular complexity index is 656. The van der Waals surface area contributed by atoms with Crippen molar-refractivity contribution in [3.63, 3.8) is 0 Å². The fourth-order valence-electron chi connectivity index (χ4n) is 3.36. The van der Waals surface area contributed by atoms with Gasteiger partial charge in [0.25, 0.3) is 5.91 Å². The summed E-state index contributed by atoms with van der Waals surface area (Å²) >= 11 is 1.69. The number of nitrogens with one attached hydrogen (secondary N) is 1. The number of fused-ring (bicyclic) bond motifs is 1. The van der Waals surface area contributed by atoms with Crippen molar-refractivity contribution in [2.75, 3.05) is 5.32 Å². The molecule has 3 heteroatoms. The van der Waals surface area contributed by atoms with Crippen molar-refractivity contribution < 1.29 is 4.79 Å². The molecule has 1 N–H and O–H groups in total. The first kappa shape index (κ1) is 16.3. The summed E-state index contributed by atoms with van der Waals surface area (Å²) < 4.78 is 0. The predicted octanol–water partition coefficient (Wildman–Crippen LogP) is 5.39. The van der Waals surface area contributed by atoms with E-state index in [1.807, 2.05) is 0 Å². The molecule has 23 heavy (non-hydrogen) atoms. The second-order valence-electron chi connectivity index (χ2n) is 6.23. The van der Waals surface area contributed by atoms with Crippen molar-refractivity contribution >= 4 is 22.9 Å². The van der Waals surface area contributed by atoms with Crippen LogP contribution in [-0.2, 0) is 25.7 Å². The van der Waals surface area contributed by atoms with Gasteiger partial charge in [0.1, 0.15) is 0 Å². The van der Waals surface area contributed by atoms with Crippen LogP contribution in [0.25, 0.3) is 0 Å². The van der Waals surface area contributed by atoms with Gasteiger partial charge in [-0.1, -0.05) is 38.5 Å². The zero-order valence-corrected chi connectivity index (χ0v) is 14.9. The molecule has 1 amide bonds. The second-order valence-corrected chi connectivity index (χ2v) is 7.37. The number of aryl methyl sites for hydroxylation is 4. The van der Waals surface area contributed by atoms with Crippen molar-refractivity contribution in [1.29, 1.82) is 0 Å². The lowest BCUT2D eigenvalue weighted by molar-refractivity contribution is 0.103. The Morgan fingerprint density at radius 2 is 1.78 bits per heavy atom. The maximum Gasteiger partial charge on any atom is 0.265 e. The van der Waals surface area contributed by atoms with E-state index in [1.54, 1.807) is 11.3 Å². The average Bonchev–Trinajstić information content (AvgIpc) is 2.86. The van der Waals surface area contributed by atoms with Gasteiger partial charge in [-0.25, -0.2) is 0 Å². The lowest BCUT2D eigenvalue weighted by Gasteiger charge is -2.13. The molecule has 1 aliphatic rings. The fraction of sp³-hybridized carbons (Fsp3) is 0.450. The van der Waals surface area contributed by atoms with Gasteiger partial charge in [0.15, 0.2) is 0 Å². The Hall–Kier alpha value is -1.61. The fourth-order valence-corrected chi connectivity index (χ4v) is 4.51. The van der Waals surface area contributed by atoms with Crippen LogP contribution in [-0.4, -0.2) is 5.91 Å². The molecule has 0 fully saturated rings. The van der Waals surface area contributed by atoms with Gasteiger partial charge < -0.3 is 5.32 Å². The van der Waals surface area contributed by atoms with Gasteiger partial charge >= 0.3 is 0 Å². The number of hydrogen-bond acceptors (Lipinski definition) is 2. The third kappa shape index (κ3) is 3.50. The lowest BCUT2D eigenvalue weighted by atomic mass is 10.0. The van der Waals surface area contributed by atoms with Gasteiger partial charge in [-0.2, -0.15) is 0 Å². The lowest BCUT2D eigenvalue weighted by Crippen LogP contribution is -2.13. The topological polar surface area (TPSA) is 29.1 Å². The molecule has 0 spiro atoms. The third-order valence-corrected chi connectivity index (χ3v) is 5.94. The number of para-hydroxylation sites is 1. The number of amides is 1. The monoisotopic (exact) mass is 327 g/mol. The number of anilines is 1. The van der Waals surface area contributed by atoms with Crippen LogP contribution < -0.4 is 5.32 Å². The number of benzene rings is 1. The third-order valence-electron chi connectivity index (χ3n) is 4.71. The molecule has 1 heterocycles. The molecule has 0 radical (unpaired) electrons. The summed E-state index contributed by atoms with van der Waals surface area (Å²) in [4.78, 5) is 15.0. The summed E-state index contributed by atoms with van der Waals surface area (Å²) in [6, 6.07) is 8.43. The average molecular weight is 327 g/mol. The van der Waals surface area contributed by atoms with E-state index in [-0.39, 0.29) is 5.91 Å². The normalized spacial score (nSPS) is 14.2. The van der Waals surface area contributed by atoms with Gasteiger partial charge in [0.2, 0.25) is 0 Å². The Morgan fingerprint density at radius 3 is 2.48 bits per heavy atom. The highest BCUT2D eigenvalue weighted by Gasteiger charge is 2.18. The zero-order valence-electron chi connectivity index (χ0n) is 14.1. The summed E-state index contributed by atoms with van der Waals surface area (Å²) in [5.74, 6) is 0.0543. The highest BCUT2D eigenvalue weighted by molar-refractivity contribution is 7.14. The summed E-state index contributed by atoms with van der Waals surface area (Å²) in [5, 5.41) is 3.19. The first-order valence-corrected chi connectivity index (χ1v) is 9.58. The van der Waals surface area contributed by atoms with E-state index < -0.39 is 0 Å². The first-order chi connectivity index (χ1) is 11.2. The molecule has 0 saturated carbocycles. The molecule has 0 bridgehead atoms. The van der Waals surface area contributed by atoms with Crippen LogP contribution in [0.15, 0.2) is 24.3 Å². The van der Waals surface area contributed by atoms with Crippen molar-refractivity contribution in [2.45, 2.75) is 58.8 Å². The molecular weight excluding hydrogens is 302 g/mol. The molecule has 1 aliphatic carbocycles. The Labute approximate surface area is 142 Å². The standard InChI is InChI=1S/C20H25NOS/c1-3-14-10-8-11-15(4-2)19(14)21-20(22)18-13-16-9-6-5-7-12-17(16)23-18/h8,10-11,13H,3-7,9,12H2,1-2H3,(H,21,22). The molecule has 1 aromatic heterocycles. The van der Waals surface area contributed by atoms with Gasteiger partial charge in [0.05, 0.1) is 4.88 Å². The van der Waals surface area contributed by atoms with Crippen molar-refractivity contribution in [2.24, 2.45) is 0 Å². The van der Waals surface area contributed by atoms with E-state index in [4.69, 9.17) is 0 Å². The summed E-state index contributed by atoms with van der Waals surface area (Å²) in [6.45, 7) is 4.27. The smallest absolute Gasteiger partial charge is 0.265 e. The molecule has 0 atom stereocenters. The summed E-state index contributed by atoms with van der Waals surface area (Å²) in [7, 11) is 0. The van der Waals surface area contributed by atoms with Crippen LogP contribution in [0.5, 0.6) is 0 Å². The quantitative estimate of drug-likeness (QED) is 0.749. The largest absolute Gasteiger partial charge is 0.321 e. The first-order valence-electron chi connectivity index (χ1n) is 8.76. The van der Waals surface area contributed by atoms with Gasteiger partial charge in [-0.05, 0) is 61.3 Å². The minimum Gasteiger partial charge on any atom is -0.321 e. The number of carbonyl (C=O) groups is 1. The van der Waals surface area contributed by atoms with Crippen LogP contribution >= 0.6 is 11.3 Å². The van der Waals surface area contributed by atoms with Crippen LogP contribution in [0.3, 0.4) is 0 Å². The molecule has 2 nitrogen and oxygen atoms in total. The van der Waals surface area contributed by atoms with E-state index in [2.05, 4.69) is 43.4 Å². The van der Waals surface area contributed by atoms with E-state index in [0.29, 0.717) is 0 Å². The number of thiophene rings is 1. The summed E-state index contributed by atoms with van der Waals surface area (Å²) in [6.07, 6.45) is 7.96. The molecular formula is C20H25NOS. The molecule has 122 valence electrons. The van der Waals surface area contributed by atoms with Crippen LogP contribution in [0.2, 0.25) is 0 Å². The second kappa shape index (κ2) is 7.31. The Kier molecular flexibility index (Phi) is 5.16. The summed E-state index contributed by atoms with van der Waals surface area (Å²) in [5.41, 5.74) is 4.86. The van der Waals surface area contributed by atoms with E-state index in [9.17, 15) is 4.79 Å². The molecule has 3 rings (SSSR count). The van der Waals surface area contributed by atoms with E-state index in [0.717, 1.165) is 36.2 Å². The molecule has 0 unspecified atom stereocenters. The molecule has 0 saturated heterocycles. The van der Waals surface area contributed by atoms with Gasteiger partial charge in [-0.15, -0.1) is 11.3 Å². The van der Waals surface area contributed by atoms with Crippen molar-refractivity contribution in [3.05, 3.63) is 50.7 Å². The van der Waals surface area contributed by atoms with Crippen LogP contribution in [0.1, 0.15) is 64.3 Å². The predicted molar refractivity (Wildman–Crippen MR) is 98.7 cm³/mol.